The normalized spacial score (nSPS) is 19.8. The molecule has 8 nitrogen and oxygen atoms in total. The molecule has 10 heteroatoms. The molecule has 4 aromatic rings. The number of rotatable bonds is 5. The number of halogens is 2. The van der Waals surface area contributed by atoms with Crippen LogP contribution in [0.3, 0.4) is 0 Å². The standard InChI is InChI=1S/C42H48F2N8/c1-28-19-33-22-38(46-28)36-25-45-49(4)39(36)9-7-5-6-8-15-52-40-23-32(10-11-37(40)48-41(52)47-29(33)2)30(3)51-17-13-42(14-18-51)26-50(27-42)16-12-31-20-34(43)24-35(44)21-31/h10-11,19-25H,2-3,5-9,12-18,26-27H2,1,4H3,(H,47,48). The van der Waals surface area contributed by atoms with Crippen molar-refractivity contribution in [2.24, 2.45) is 17.5 Å². The smallest absolute Gasteiger partial charge is 0.208 e. The van der Waals surface area contributed by atoms with Crippen LogP contribution in [0, 0.1) is 24.0 Å². The van der Waals surface area contributed by atoms with Gasteiger partial charge >= 0.3 is 0 Å². The maximum atomic E-state index is 13.6. The van der Waals surface area contributed by atoms with Gasteiger partial charge in [0.1, 0.15) is 11.6 Å². The Hall–Kier alpha value is -4.83. The molecule has 52 heavy (non-hydrogen) atoms. The second-order valence-corrected chi connectivity index (χ2v) is 15.2. The first-order chi connectivity index (χ1) is 25.1. The van der Waals surface area contributed by atoms with Gasteiger partial charge in [-0.25, -0.2) is 13.8 Å². The van der Waals surface area contributed by atoms with Crippen LogP contribution in [0.4, 0.5) is 20.2 Å². The number of piperidine rings is 1. The summed E-state index contributed by atoms with van der Waals surface area (Å²) in [5, 5.41) is 8.18. The quantitative estimate of drug-likeness (QED) is 0.227. The minimum atomic E-state index is -0.504. The van der Waals surface area contributed by atoms with E-state index in [2.05, 4.69) is 68.6 Å². The van der Waals surface area contributed by atoms with E-state index >= 15 is 0 Å². The van der Waals surface area contributed by atoms with Crippen molar-refractivity contribution in [1.29, 1.82) is 0 Å². The van der Waals surface area contributed by atoms with Gasteiger partial charge < -0.3 is 20.0 Å². The third kappa shape index (κ3) is 6.88. The zero-order valence-corrected chi connectivity index (χ0v) is 30.4. The first-order valence-electron chi connectivity index (χ1n) is 18.7. The number of likely N-dealkylation sites (tertiary alicyclic amines) is 2. The fourth-order valence-corrected chi connectivity index (χ4v) is 8.56. The SMILES string of the molecule is C=C1/N=C2\Nc3ccc(C(=C)N4CCC5(CC4)CN(CCc4cc(F)cc(F)c4)C5)cc3N2CCCCCCc2c(cnn2C)-c2cc1cc(C)n2. The summed E-state index contributed by atoms with van der Waals surface area (Å²) in [6, 6.07) is 14.6. The molecular formula is C42H48F2N8. The second-order valence-electron chi connectivity index (χ2n) is 15.2. The van der Waals surface area contributed by atoms with E-state index < -0.39 is 11.6 Å². The Morgan fingerprint density at radius 3 is 2.50 bits per heavy atom. The Bertz CT molecular complexity index is 2030. The lowest BCUT2D eigenvalue weighted by Gasteiger charge is -2.54. The van der Waals surface area contributed by atoms with Gasteiger partial charge in [-0.3, -0.25) is 9.67 Å². The number of benzene rings is 2. The highest BCUT2D eigenvalue weighted by Crippen LogP contribution is 2.43. The van der Waals surface area contributed by atoms with Gasteiger partial charge in [-0.2, -0.15) is 5.10 Å². The number of aryl methyl sites for hydroxylation is 2. The highest BCUT2D eigenvalue weighted by Gasteiger charge is 2.44. The van der Waals surface area contributed by atoms with Crippen molar-refractivity contribution in [1.82, 2.24) is 24.6 Å². The average molecular weight is 703 g/mol. The molecule has 6 heterocycles. The summed E-state index contributed by atoms with van der Waals surface area (Å²) < 4.78 is 29.2. The van der Waals surface area contributed by atoms with E-state index in [1.165, 1.54) is 17.8 Å². The van der Waals surface area contributed by atoms with Crippen molar-refractivity contribution < 1.29 is 8.78 Å². The molecule has 2 aromatic heterocycles. The summed E-state index contributed by atoms with van der Waals surface area (Å²) >= 11 is 0. The molecule has 2 fully saturated rings. The number of aromatic nitrogens is 3. The van der Waals surface area contributed by atoms with Crippen molar-refractivity contribution in [2.75, 3.05) is 49.5 Å². The van der Waals surface area contributed by atoms with Crippen LogP contribution < -0.4 is 10.2 Å². The number of hydrogen-bond donors (Lipinski definition) is 1. The lowest BCUT2D eigenvalue weighted by atomic mass is 9.71. The number of pyridine rings is 1. The summed E-state index contributed by atoms with van der Waals surface area (Å²) in [6.45, 7) is 16.7. The number of guanidine groups is 1. The molecule has 1 spiro atoms. The summed E-state index contributed by atoms with van der Waals surface area (Å²) in [5.41, 5.74) is 11.2. The molecule has 2 saturated heterocycles. The van der Waals surface area contributed by atoms with Crippen LogP contribution in [0.15, 0.2) is 72.9 Å². The number of nitrogens with one attached hydrogen (secondary N) is 1. The third-order valence-electron chi connectivity index (χ3n) is 11.5. The molecular weight excluding hydrogens is 655 g/mol. The molecule has 1 N–H and O–H groups in total. The molecule has 0 aliphatic carbocycles. The molecule has 8 rings (SSSR count). The van der Waals surface area contributed by atoms with E-state index in [4.69, 9.17) is 9.98 Å². The zero-order chi connectivity index (χ0) is 36.0. The Kier molecular flexibility index (Phi) is 9.19. The number of hydrogen-bond acceptors (Lipinski definition) is 7. The van der Waals surface area contributed by atoms with Crippen LogP contribution in [-0.4, -0.2) is 69.8 Å². The van der Waals surface area contributed by atoms with Gasteiger partial charge in [-0.15, -0.1) is 0 Å². The van der Waals surface area contributed by atoms with E-state index in [1.54, 1.807) is 0 Å². The monoisotopic (exact) mass is 702 g/mol. The minimum absolute atomic E-state index is 0.323. The van der Waals surface area contributed by atoms with Crippen molar-refractivity contribution in [3.05, 3.63) is 108 Å². The molecule has 4 aliphatic heterocycles. The van der Waals surface area contributed by atoms with Gasteiger partial charge in [-0.1, -0.05) is 32.1 Å². The zero-order valence-electron chi connectivity index (χ0n) is 30.4. The van der Waals surface area contributed by atoms with Gasteiger partial charge in [0.2, 0.25) is 5.96 Å². The van der Waals surface area contributed by atoms with Gasteiger partial charge in [0.25, 0.3) is 0 Å². The topological polar surface area (TPSA) is 64.8 Å². The number of nitrogens with zero attached hydrogens (tertiary/aromatic N) is 7. The summed E-state index contributed by atoms with van der Waals surface area (Å²) in [7, 11) is 2.02. The Morgan fingerprint density at radius 1 is 0.942 bits per heavy atom. The van der Waals surface area contributed by atoms with E-state index in [9.17, 15) is 8.78 Å². The average Bonchev–Trinajstić information content (AvgIpc) is 3.65. The molecule has 2 bridgehead atoms. The molecule has 4 aliphatic rings. The molecule has 0 saturated carbocycles. The van der Waals surface area contributed by atoms with Crippen LogP contribution in [0.5, 0.6) is 0 Å². The number of anilines is 2. The van der Waals surface area contributed by atoms with Crippen LogP contribution in [0.25, 0.3) is 22.7 Å². The highest BCUT2D eigenvalue weighted by molar-refractivity contribution is 6.16. The lowest BCUT2D eigenvalue weighted by Crippen LogP contribution is -2.60. The van der Waals surface area contributed by atoms with Gasteiger partial charge in [0, 0.05) is 80.6 Å². The summed E-state index contributed by atoms with van der Waals surface area (Å²) in [4.78, 5) is 17.2. The first kappa shape index (κ1) is 34.3. The second kappa shape index (κ2) is 14.0. The van der Waals surface area contributed by atoms with Crippen LogP contribution in [0.2, 0.25) is 0 Å². The molecule has 0 amide bonds. The molecule has 0 atom stereocenters. The van der Waals surface area contributed by atoms with E-state index in [1.807, 2.05) is 24.9 Å². The summed E-state index contributed by atoms with van der Waals surface area (Å²) in [6.07, 6.45) is 10.2. The fraction of sp³-hybridized carbons (Fsp3) is 0.405. The highest BCUT2D eigenvalue weighted by atomic mass is 19.1. The van der Waals surface area contributed by atoms with Gasteiger partial charge in [0.15, 0.2) is 0 Å². The number of aliphatic imine (C=N–C) groups is 1. The maximum absolute atomic E-state index is 13.6. The summed E-state index contributed by atoms with van der Waals surface area (Å²) in [5.74, 6) is -0.210. The predicted molar refractivity (Wildman–Crippen MR) is 206 cm³/mol. The predicted octanol–water partition coefficient (Wildman–Crippen LogP) is 8.06. The first-order valence-corrected chi connectivity index (χ1v) is 18.7. The molecule has 270 valence electrons. The van der Waals surface area contributed by atoms with Crippen molar-refractivity contribution in [3.63, 3.8) is 0 Å². The van der Waals surface area contributed by atoms with E-state index in [0.29, 0.717) is 17.5 Å². The fourth-order valence-electron chi connectivity index (χ4n) is 8.56. The maximum Gasteiger partial charge on any atom is 0.208 e. The lowest BCUT2D eigenvalue weighted by molar-refractivity contribution is -0.0365. The van der Waals surface area contributed by atoms with Gasteiger partial charge in [-0.05, 0) is 98.4 Å². The van der Waals surface area contributed by atoms with Crippen molar-refractivity contribution in [3.8, 4) is 11.3 Å². The van der Waals surface area contributed by atoms with Crippen LogP contribution in [-0.2, 0) is 19.9 Å². The van der Waals surface area contributed by atoms with Crippen molar-refractivity contribution in [2.45, 2.75) is 58.3 Å². The van der Waals surface area contributed by atoms with Gasteiger partial charge in [0.05, 0.1) is 29.0 Å². The van der Waals surface area contributed by atoms with E-state index in [0.717, 1.165) is 147 Å². The Balaban J connectivity index is 0.948. The Labute approximate surface area is 305 Å². The largest absolute Gasteiger partial charge is 0.371 e. The Morgan fingerprint density at radius 2 is 1.71 bits per heavy atom. The number of fused-ring (bicyclic) bond motifs is 7. The minimum Gasteiger partial charge on any atom is -0.371 e. The van der Waals surface area contributed by atoms with Crippen LogP contribution in [0.1, 0.15) is 66.6 Å². The molecule has 2 aromatic carbocycles. The molecule has 0 unspecified atom stereocenters. The van der Waals surface area contributed by atoms with Crippen LogP contribution >= 0.6 is 0 Å². The third-order valence-corrected chi connectivity index (χ3v) is 11.5. The molecule has 0 radical (unpaired) electrons. The van der Waals surface area contributed by atoms with E-state index in [-0.39, 0.29) is 0 Å². The van der Waals surface area contributed by atoms with Crippen molar-refractivity contribution >= 4 is 28.7 Å².